The summed E-state index contributed by atoms with van der Waals surface area (Å²) >= 11 is 5.81. The first-order valence-corrected chi connectivity index (χ1v) is 7.25. The van der Waals surface area contributed by atoms with Crippen molar-refractivity contribution in [3.63, 3.8) is 0 Å². The highest BCUT2D eigenvalue weighted by Crippen LogP contribution is 2.35. The Bertz CT molecular complexity index is 405. The quantitative estimate of drug-likeness (QED) is 0.822. The van der Waals surface area contributed by atoms with Crippen LogP contribution in [0, 0.1) is 0 Å². The largest absolute Gasteiger partial charge is 0.368 e. The molecule has 0 radical (unpaired) electrons. The van der Waals surface area contributed by atoms with Gasteiger partial charge in [0, 0.05) is 17.7 Å². The maximum absolute atomic E-state index is 11.5. The number of nitrogens with one attached hydrogen (secondary N) is 1. The lowest BCUT2D eigenvalue weighted by atomic mass is 9.93. The second-order valence-corrected chi connectivity index (χ2v) is 5.78. The van der Waals surface area contributed by atoms with Crippen LogP contribution < -0.4 is 5.32 Å². The van der Waals surface area contributed by atoms with Gasteiger partial charge in [-0.25, -0.2) is 0 Å². The summed E-state index contributed by atoms with van der Waals surface area (Å²) < 4.78 is 5.85. The molecule has 0 saturated heterocycles. The van der Waals surface area contributed by atoms with Gasteiger partial charge in [-0.05, 0) is 29.7 Å². The van der Waals surface area contributed by atoms with E-state index in [0.717, 1.165) is 13.0 Å². The first-order chi connectivity index (χ1) is 8.15. The van der Waals surface area contributed by atoms with E-state index in [1.165, 1.54) is 10.4 Å². The molecular weight excluding hydrogens is 254 g/mol. The van der Waals surface area contributed by atoms with Crippen molar-refractivity contribution in [1.82, 2.24) is 5.32 Å². The fourth-order valence-electron chi connectivity index (χ4n) is 2.06. The highest BCUT2D eigenvalue weighted by Gasteiger charge is 2.34. The number of carbonyl (C=O) groups excluding carboxylic acids is 1. The number of fused-ring (bicyclic) bond motifs is 1. The zero-order chi connectivity index (χ0) is 12.3. The van der Waals surface area contributed by atoms with Gasteiger partial charge in [0.15, 0.2) is 0 Å². The zero-order valence-corrected chi connectivity index (χ0v) is 11.6. The predicted octanol–water partition coefficient (Wildman–Crippen LogP) is 1.97. The summed E-state index contributed by atoms with van der Waals surface area (Å²) in [5.41, 5.74) is 0.847. The lowest BCUT2D eigenvalue weighted by molar-refractivity contribution is -0.123. The molecule has 17 heavy (non-hydrogen) atoms. The van der Waals surface area contributed by atoms with Gasteiger partial charge in [-0.3, -0.25) is 4.79 Å². The Morgan fingerprint density at radius 3 is 3.29 bits per heavy atom. The Morgan fingerprint density at radius 1 is 1.71 bits per heavy atom. The van der Waals surface area contributed by atoms with Crippen LogP contribution in [0.1, 0.15) is 23.8 Å². The smallest absolute Gasteiger partial charge is 0.220 e. The molecule has 5 heteroatoms. The van der Waals surface area contributed by atoms with Gasteiger partial charge >= 0.3 is 0 Å². The molecule has 2 heterocycles. The van der Waals surface area contributed by atoms with E-state index < -0.39 is 0 Å². The summed E-state index contributed by atoms with van der Waals surface area (Å²) in [7, 11) is 0. The van der Waals surface area contributed by atoms with Crippen LogP contribution in [0.5, 0.6) is 0 Å². The van der Waals surface area contributed by atoms with E-state index in [2.05, 4.69) is 29.4 Å². The molecule has 0 aromatic carbocycles. The molecule has 94 valence electrons. The fraction of sp³-hybridized carbons (Fsp3) is 0.583. The summed E-state index contributed by atoms with van der Waals surface area (Å²) in [6, 6.07) is 2.10. The molecule has 2 rings (SSSR count). The molecule has 0 saturated carbocycles. The molecule has 1 aromatic heterocycles. The molecule has 1 aliphatic rings. The van der Waals surface area contributed by atoms with Crippen LogP contribution in [0.3, 0.4) is 0 Å². The Labute approximate surface area is 111 Å². The summed E-state index contributed by atoms with van der Waals surface area (Å²) in [5, 5.41) is 5.01. The van der Waals surface area contributed by atoms with Crippen LogP contribution >= 0.6 is 24.0 Å². The van der Waals surface area contributed by atoms with Crippen molar-refractivity contribution in [2.45, 2.75) is 25.4 Å². The average Bonchev–Trinajstić information content (AvgIpc) is 2.77. The van der Waals surface area contributed by atoms with Crippen LogP contribution in [0.15, 0.2) is 11.4 Å². The Balaban J connectivity index is 2.03. The standard InChI is InChI=1S/C12H17NO2S2/c1-12(8-13-11(14)3-6-16)9-4-7-17-10(9)2-5-15-12/h4,7,16H,2-3,5-6,8H2,1H3,(H,13,14). The van der Waals surface area contributed by atoms with Gasteiger partial charge in [0.1, 0.15) is 5.60 Å². The normalized spacial score (nSPS) is 23.2. The van der Waals surface area contributed by atoms with E-state index >= 15 is 0 Å². The third-order valence-corrected chi connectivity index (χ3v) is 4.23. The van der Waals surface area contributed by atoms with Crippen LogP contribution in [0.25, 0.3) is 0 Å². The molecule has 1 unspecified atom stereocenters. The average molecular weight is 271 g/mol. The first-order valence-electron chi connectivity index (χ1n) is 5.74. The molecule has 0 fully saturated rings. The van der Waals surface area contributed by atoms with Crippen molar-refractivity contribution in [3.8, 4) is 0 Å². The van der Waals surface area contributed by atoms with Crippen molar-refractivity contribution in [2.75, 3.05) is 18.9 Å². The van der Waals surface area contributed by atoms with Gasteiger partial charge in [-0.1, -0.05) is 0 Å². The first kappa shape index (κ1) is 12.9. The molecule has 3 nitrogen and oxygen atoms in total. The number of thiol groups is 1. The number of amides is 1. The fourth-order valence-corrected chi connectivity index (χ4v) is 3.24. The molecule has 1 N–H and O–H groups in total. The van der Waals surface area contributed by atoms with Gasteiger partial charge in [0.2, 0.25) is 5.91 Å². The van der Waals surface area contributed by atoms with E-state index in [-0.39, 0.29) is 11.5 Å². The topological polar surface area (TPSA) is 38.3 Å². The summed E-state index contributed by atoms with van der Waals surface area (Å²) in [5.74, 6) is 0.611. The van der Waals surface area contributed by atoms with E-state index in [4.69, 9.17) is 4.74 Å². The molecule has 1 amide bonds. The number of carbonyl (C=O) groups is 1. The van der Waals surface area contributed by atoms with Crippen LogP contribution in [-0.2, 0) is 21.6 Å². The third-order valence-electron chi connectivity index (χ3n) is 3.03. The minimum atomic E-state index is -0.375. The molecule has 1 aromatic rings. The van der Waals surface area contributed by atoms with E-state index in [9.17, 15) is 4.79 Å². The number of ether oxygens (including phenoxy) is 1. The summed E-state index contributed by atoms with van der Waals surface area (Å²) in [6.07, 6.45) is 1.43. The monoisotopic (exact) mass is 271 g/mol. The van der Waals surface area contributed by atoms with Gasteiger partial charge < -0.3 is 10.1 Å². The second-order valence-electron chi connectivity index (χ2n) is 4.34. The van der Waals surface area contributed by atoms with Crippen molar-refractivity contribution >= 4 is 29.9 Å². The molecule has 0 bridgehead atoms. The lowest BCUT2D eigenvalue weighted by Gasteiger charge is -2.34. The van der Waals surface area contributed by atoms with Crippen molar-refractivity contribution in [1.29, 1.82) is 0 Å². The van der Waals surface area contributed by atoms with E-state index in [1.807, 2.05) is 6.92 Å². The number of hydrogen-bond donors (Lipinski definition) is 2. The molecule has 0 aliphatic carbocycles. The molecule has 1 atom stereocenters. The van der Waals surface area contributed by atoms with Crippen molar-refractivity contribution in [2.24, 2.45) is 0 Å². The number of rotatable bonds is 4. The second kappa shape index (κ2) is 5.42. The van der Waals surface area contributed by atoms with Gasteiger partial charge in [0.25, 0.3) is 0 Å². The predicted molar refractivity (Wildman–Crippen MR) is 72.8 cm³/mol. The lowest BCUT2D eigenvalue weighted by Crippen LogP contribution is -2.43. The Morgan fingerprint density at radius 2 is 2.53 bits per heavy atom. The third kappa shape index (κ3) is 2.84. The maximum atomic E-state index is 11.5. The van der Waals surface area contributed by atoms with Gasteiger partial charge in [0.05, 0.1) is 13.2 Å². The van der Waals surface area contributed by atoms with Gasteiger partial charge in [-0.2, -0.15) is 12.6 Å². The molecule has 1 aliphatic heterocycles. The summed E-state index contributed by atoms with van der Waals surface area (Å²) in [4.78, 5) is 12.8. The highest BCUT2D eigenvalue weighted by molar-refractivity contribution is 7.80. The van der Waals surface area contributed by atoms with Gasteiger partial charge in [-0.15, -0.1) is 11.3 Å². The van der Waals surface area contributed by atoms with E-state index in [0.29, 0.717) is 18.7 Å². The minimum Gasteiger partial charge on any atom is -0.368 e. The SMILES string of the molecule is CC1(CNC(=O)CCS)OCCc2sccc21. The maximum Gasteiger partial charge on any atom is 0.220 e. The summed E-state index contributed by atoms with van der Waals surface area (Å²) in [6.45, 7) is 3.30. The highest BCUT2D eigenvalue weighted by atomic mass is 32.1. The Hall–Kier alpha value is -0.520. The van der Waals surface area contributed by atoms with Crippen LogP contribution in [0.4, 0.5) is 0 Å². The minimum absolute atomic E-state index is 0.0344. The van der Waals surface area contributed by atoms with Crippen LogP contribution in [-0.4, -0.2) is 24.8 Å². The van der Waals surface area contributed by atoms with Crippen molar-refractivity contribution in [3.05, 3.63) is 21.9 Å². The Kier molecular flexibility index (Phi) is 4.12. The molecule has 0 spiro atoms. The van der Waals surface area contributed by atoms with E-state index in [1.54, 1.807) is 11.3 Å². The zero-order valence-electron chi connectivity index (χ0n) is 9.86. The number of thiophene rings is 1. The van der Waals surface area contributed by atoms with Crippen molar-refractivity contribution < 1.29 is 9.53 Å². The van der Waals surface area contributed by atoms with Crippen LogP contribution in [0.2, 0.25) is 0 Å². The number of hydrogen-bond acceptors (Lipinski definition) is 4. The molecular formula is C12H17NO2S2.